The molecule has 1 fully saturated rings. The molecule has 1 amide bonds. The van der Waals surface area contributed by atoms with Crippen molar-refractivity contribution in [3.05, 3.63) is 16.1 Å². The normalized spacial score (nSPS) is 15.3. The van der Waals surface area contributed by atoms with Crippen LogP contribution in [0.1, 0.15) is 41.2 Å². The summed E-state index contributed by atoms with van der Waals surface area (Å²) in [6.45, 7) is 0.323. The van der Waals surface area contributed by atoms with Crippen molar-refractivity contribution in [2.75, 3.05) is 0 Å². The number of aromatic carboxylic acids is 1. The third-order valence-electron chi connectivity index (χ3n) is 2.91. The number of hydrogen-bond donors (Lipinski definition) is 2. The largest absolute Gasteiger partial charge is 0.476 e. The molecule has 5 nitrogen and oxygen atoms in total. The lowest BCUT2D eigenvalue weighted by atomic mass is 9.83. The quantitative estimate of drug-likeness (QED) is 0.837. The Kier molecular flexibility index (Phi) is 3.73. The highest BCUT2D eigenvalue weighted by Gasteiger charge is 2.20. The molecule has 1 aromatic heterocycles. The van der Waals surface area contributed by atoms with Crippen LogP contribution in [0.4, 0.5) is 0 Å². The van der Waals surface area contributed by atoms with E-state index < -0.39 is 5.97 Å². The molecule has 0 bridgehead atoms. The Morgan fingerprint density at radius 3 is 2.82 bits per heavy atom. The average Bonchev–Trinajstić information content (AvgIpc) is 2.69. The molecule has 1 aliphatic carbocycles. The first-order valence-electron chi connectivity index (χ1n) is 5.59. The maximum absolute atomic E-state index is 11.5. The van der Waals surface area contributed by atoms with Crippen molar-refractivity contribution >= 4 is 23.2 Å². The summed E-state index contributed by atoms with van der Waals surface area (Å²) in [5.41, 5.74) is 0.0400. The number of nitrogens with zero attached hydrogens (tertiary/aromatic N) is 1. The Hall–Kier alpha value is -1.43. The summed E-state index contributed by atoms with van der Waals surface area (Å²) in [5.74, 6) is -0.462. The third-order valence-corrected chi connectivity index (χ3v) is 3.76. The van der Waals surface area contributed by atoms with Crippen LogP contribution in [0.25, 0.3) is 0 Å². The van der Waals surface area contributed by atoms with Crippen molar-refractivity contribution in [3.8, 4) is 0 Å². The topological polar surface area (TPSA) is 79.3 Å². The summed E-state index contributed by atoms with van der Waals surface area (Å²) >= 11 is 1.25. The van der Waals surface area contributed by atoms with Crippen LogP contribution in [-0.4, -0.2) is 22.0 Å². The van der Waals surface area contributed by atoms with Crippen LogP contribution in [0.2, 0.25) is 0 Å². The Morgan fingerprint density at radius 2 is 2.29 bits per heavy atom. The van der Waals surface area contributed by atoms with Gasteiger partial charge in [0.25, 0.3) is 0 Å². The lowest BCUT2D eigenvalue weighted by Gasteiger charge is -2.24. The lowest BCUT2D eigenvalue weighted by molar-refractivity contribution is -0.122. The Morgan fingerprint density at radius 1 is 1.53 bits per heavy atom. The van der Waals surface area contributed by atoms with Crippen LogP contribution in [0.15, 0.2) is 5.38 Å². The average molecular weight is 254 g/mol. The molecule has 6 heteroatoms. The fraction of sp³-hybridized carbons (Fsp3) is 0.545. The Balaban J connectivity index is 1.76. The van der Waals surface area contributed by atoms with Crippen molar-refractivity contribution in [3.63, 3.8) is 0 Å². The van der Waals surface area contributed by atoms with Crippen molar-refractivity contribution < 1.29 is 14.7 Å². The van der Waals surface area contributed by atoms with E-state index in [2.05, 4.69) is 10.3 Å². The molecule has 0 spiro atoms. The van der Waals surface area contributed by atoms with Gasteiger partial charge >= 0.3 is 5.97 Å². The van der Waals surface area contributed by atoms with E-state index in [1.165, 1.54) is 23.1 Å². The number of amides is 1. The van der Waals surface area contributed by atoms with E-state index in [0.717, 1.165) is 12.8 Å². The Bertz CT molecular complexity index is 426. The van der Waals surface area contributed by atoms with Gasteiger partial charge in [0.05, 0.1) is 6.54 Å². The van der Waals surface area contributed by atoms with Crippen molar-refractivity contribution in [2.24, 2.45) is 5.92 Å². The number of carboxylic acid groups (broad SMARTS) is 1. The predicted molar refractivity (Wildman–Crippen MR) is 62.9 cm³/mol. The smallest absolute Gasteiger partial charge is 0.355 e. The molecule has 1 aliphatic rings. The second-order valence-corrected chi connectivity index (χ2v) is 5.15. The second kappa shape index (κ2) is 5.27. The molecule has 2 N–H and O–H groups in total. The van der Waals surface area contributed by atoms with Crippen LogP contribution < -0.4 is 5.32 Å². The van der Waals surface area contributed by atoms with Crippen LogP contribution in [0.3, 0.4) is 0 Å². The lowest BCUT2D eigenvalue weighted by Crippen LogP contribution is -2.27. The molecule has 17 heavy (non-hydrogen) atoms. The number of carbonyl (C=O) groups is 2. The van der Waals surface area contributed by atoms with E-state index in [1.54, 1.807) is 0 Å². The maximum Gasteiger partial charge on any atom is 0.355 e. The first-order valence-corrected chi connectivity index (χ1v) is 6.47. The molecule has 92 valence electrons. The first-order chi connectivity index (χ1) is 8.15. The number of nitrogens with one attached hydrogen (secondary N) is 1. The minimum atomic E-state index is -1.03. The molecule has 0 radical (unpaired) electrons. The van der Waals surface area contributed by atoms with Crippen molar-refractivity contribution in [1.82, 2.24) is 10.3 Å². The van der Waals surface area contributed by atoms with Gasteiger partial charge in [-0.3, -0.25) is 4.79 Å². The summed E-state index contributed by atoms with van der Waals surface area (Å²) < 4.78 is 0. The van der Waals surface area contributed by atoms with E-state index >= 15 is 0 Å². The first kappa shape index (κ1) is 12.0. The highest BCUT2D eigenvalue weighted by molar-refractivity contribution is 7.09. The molecule has 0 aliphatic heterocycles. The zero-order chi connectivity index (χ0) is 12.3. The molecule has 0 unspecified atom stereocenters. The SMILES string of the molecule is O=C(CC1CCC1)NCc1nc(C(=O)O)cs1. The highest BCUT2D eigenvalue weighted by Crippen LogP contribution is 2.29. The summed E-state index contributed by atoms with van der Waals surface area (Å²) in [4.78, 5) is 26.0. The summed E-state index contributed by atoms with van der Waals surface area (Å²) in [7, 11) is 0. The zero-order valence-electron chi connectivity index (χ0n) is 9.31. The minimum absolute atomic E-state index is 0.0294. The van der Waals surface area contributed by atoms with E-state index in [-0.39, 0.29) is 11.6 Å². The van der Waals surface area contributed by atoms with Gasteiger partial charge in [-0.2, -0.15) is 0 Å². The van der Waals surface area contributed by atoms with Crippen LogP contribution in [-0.2, 0) is 11.3 Å². The fourth-order valence-corrected chi connectivity index (χ4v) is 2.40. The number of hydrogen-bond acceptors (Lipinski definition) is 4. The van der Waals surface area contributed by atoms with Gasteiger partial charge in [-0.05, 0) is 18.8 Å². The van der Waals surface area contributed by atoms with Gasteiger partial charge in [0, 0.05) is 11.8 Å². The van der Waals surface area contributed by atoms with Gasteiger partial charge < -0.3 is 10.4 Å². The van der Waals surface area contributed by atoms with Gasteiger partial charge in [-0.1, -0.05) is 6.42 Å². The van der Waals surface area contributed by atoms with Gasteiger partial charge in [-0.25, -0.2) is 9.78 Å². The third kappa shape index (κ3) is 3.26. The number of aromatic nitrogens is 1. The van der Waals surface area contributed by atoms with Crippen LogP contribution >= 0.6 is 11.3 Å². The summed E-state index contributed by atoms with van der Waals surface area (Å²) in [5, 5.41) is 13.6. The molecule has 0 aromatic carbocycles. The van der Waals surface area contributed by atoms with E-state index in [4.69, 9.17) is 5.11 Å². The predicted octanol–water partition coefficient (Wildman–Crippen LogP) is 1.65. The molecule has 2 rings (SSSR count). The minimum Gasteiger partial charge on any atom is -0.476 e. The van der Waals surface area contributed by atoms with E-state index in [9.17, 15) is 9.59 Å². The molecule has 1 heterocycles. The Labute approximate surface area is 103 Å². The van der Waals surface area contributed by atoms with E-state index in [0.29, 0.717) is 23.9 Å². The number of carbonyl (C=O) groups excluding carboxylic acids is 1. The molecule has 0 saturated heterocycles. The van der Waals surface area contributed by atoms with Crippen molar-refractivity contribution in [1.29, 1.82) is 0 Å². The molecular weight excluding hydrogens is 240 g/mol. The monoisotopic (exact) mass is 254 g/mol. The second-order valence-electron chi connectivity index (χ2n) is 4.21. The fourth-order valence-electron chi connectivity index (χ4n) is 1.70. The maximum atomic E-state index is 11.5. The van der Waals surface area contributed by atoms with E-state index in [1.807, 2.05) is 0 Å². The van der Waals surface area contributed by atoms with Crippen LogP contribution in [0, 0.1) is 5.92 Å². The number of carboxylic acids is 1. The van der Waals surface area contributed by atoms with Crippen LogP contribution in [0.5, 0.6) is 0 Å². The molecule has 1 aromatic rings. The van der Waals surface area contributed by atoms with Gasteiger partial charge in [-0.15, -0.1) is 11.3 Å². The number of thiazole rings is 1. The summed E-state index contributed by atoms with van der Waals surface area (Å²) in [6, 6.07) is 0. The van der Waals surface area contributed by atoms with Gasteiger partial charge in [0.1, 0.15) is 5.01 Å². The highest BCUT2D eigenvalue weighted by atomic mass is 32.1. The van der Waals surface area contributed by atoms with Gasteiger partial charge in [0.2, 0.25) is 5.91 Å². The molecule has 0 atom stereocenters. The molecule has 1 saturated carbocycles. The molecular formula is C11H14N2O3S. The zero-order valence-corrected chi connectivity index (χ0v) is 10.1. The summed E-state index contributed by atoms with van der Waals surface area (Å²) in [6.07, 6.45) is 4.10. The van der Waals surface area contributed by atoms with Crippen molar-refractivity contribution in [2.45, 2.75) is 32.2 Å². The standard InChI is InChI=1S/C11H14N2O3S/c14-9(4-7-2-1-3-7)12-5-10-13-8(6-17-10)11(15)16/h6-7H,1-5H2,(H,12,14)(H,15,16). The van der Waals surface area contributed by atoms with Gasteiger partial charge in [0.15, 0.2) is 5.69 Å². The number of rotatable bonds is 5.